The third-order valence-corrected chi connectivity index (χ3v) is 3.87. The number of hydrogen-bond donors (Lipinski definition) is 1. The van der Waals surface area contributed by atoms with Gasteiger partial charge in [-0.05, 0) is 61.4 Å². The van der Waals surface area contributed by atoms with Crippen molar-refractivity contribution in [2.45, 2.75) is 59.4 Å². The molecule has 0 aliphatic carbocycles. The van der Waals surface area contributed by atoms with E-state index in [2.05, 4.69) is 33.0 Å². The number of halogens is 2. The first-order valence-corrected chi connectivity index (χ1v) is 7.89. The van der Waals surface area contributed by atoms with Crippen LogP contribution in [0.5, 0.6) is 0 Å². The van der Waals surface area contributed by atoms with E-state index in [0.717, 1.165) is 37.8 Å². The van der Waals surface area contributed by atoms with Crippen LogP contribution in [0.1, 0.15) is 52.5 Å². The van der Waals surface area contributed by atoms with Crippen LogP contribution in [0, 0.1) is 11.2 Å². The Morgan fingerprint density at radius 1 is 1.30 bits per heavy atom. The summed E-state index contributed by atoms with van der Waals surface area (Å²) in [5, 5.41) is 4.21. The number of hydrogen-bond acceptors (Lipinski definition) is 1. The van der Waals surface area contributed by atoms with Crippen molar-refractivity contribution in [1.82, 2.24) is 5.32 Å². The van der Waals surface area contributed by atoms with E-state index in [0.29, 0.717) is 11.1 Å². The normalized spacial score (nSPS) is 13.5. The molecule has 0 aromatic heterocycles. The van der Waals surface area contributed by atoms with Crippen molar-refractivity contribution in [3.8, 4) is 0 Å². The van der Waals surface area contributed by atoms with Crippen molar-refractivity contribution in [2.24, 2.45) is 5.41 Å². The van der Waals surface area contributed by atoms with Gasteiger partial charge in [0.1, 0.15) is 5.82 Å². The van der Waals surface area contributed by atoms with Crippen molar-refractivity contribution in [3.63, 3.8) is 0 Å². The first-order chi connectivity index (χ1) is 9.34. The van der Waals surface area contributed by atoms with E-state index in [1.165, 1.54) is 6.07 Å². The summed E-state index contributed by atoms with van der Waals surface area (Å²) in [5.74, 6) is -0.150. The molecule has 0 saturated heterocycles. The van der Waals surface area contributed by atoms with E-state index in [9.17, 15) is 4.39 Å². The van der Waals surface area contributed by atoms with Gasteiger partial charge < -0.3 is 5.32 Å². The van der Waals surface area contributed by atoms with Crippen molar-refractivity contribution < 1.29 is 4.39 Å². The van der Waals surface area contributed by atoms with Crippen LogP contribution in [0.15, 0.2) is 18.2 Å². The molecular formula is C17H27ClFN. The summed E-state index contributed by atoms with van der Waals surface area (Å²) in [4.78, 5) is 0. The van der Waals surface area contributed by atoms with Crippen LogP contribution in [0.3, 0.4) is 0 Å². The Bertz CT molecular complexity index is 412. The first kappa shape index (κ1) is 17.5. The summed E-state index contributed by atoms with van der Waals surface area (Å²) >= 11 is 5.92. The predicted molar refractivity (Wildman–Crippen MR) is 85.9 cm³/mol. The van der Waals surface area contributed by atoms with E-state index in [-0.39, 0.29) is 11.2 Å². The zero-order valence-corrected chi connectivity index (χ0v) is 13.9. The van der Waals surface area contributed by atoms with Gasteiger partial charge in [0.05, 0.1) is 0 Å². The Balaban J connectivity index is 2.53. The maximum Gasteiger partial charge on any atom is 0.126 e. The molecule has 0 aliphatic heterocycles. The van der Waals surface area contributed by atoms with Crippen molar-refractivity contribution in [1.29, 1.82) is 0 Å². The summed E-state index contributed by atoms with van der Waals surface area (Å²) in [6, 6.07) is 5.25. The minimum Gasteiger partial charge on any atom is -0.313 e. The average molecular weight is 300 g/mol. The lowest BCUT2D eigenvalue weighted by molar-refractivity contribution is 0.251. The highest BCUT2D eigenvalue weighted by Crippen LogP contribution is 2.24. The number of nitrogens with one attached hydrogen (secondary N) is 1. The minimum atomic E-state index is -0.150. The summed E-state index contributed by atoms with van der Waals surface area (Å²) in [6.45, 7) is 9.96. The average Bonchev–Trinajstić information content (AvgIpc) is 2.36. The Morgan fingerprint density at radius 2 is 2.00 bits per heavy atom. The van der Waals surface area contributed by atoms with Gasteiger partial charge in [-0.1, -0.05) is 39.3 Å². The fraction of sp³-hybridized carbons (Fsp3) is 0.647. The smallest absolute Gasteiger partial charge is 0.126 e. The van der Waals surface area contributed by atoms with Crippen molar-refractivity contribution in [2.75, 3.05) is 6.54 Å². The van der Waals surface area contributed by atoms with E-state index in [1.54, 1.807) is 12.1 Å². The highest BCUT2D eigenvalue weighted by Gasteiger charge is 2.23. The quantitative estimate of drug-likeness (QED) is 0.728. The molecule has 1 aromatic carbocycles. The molecule has 114 valence electrons. The summed E-state index contributed by atoms with van der Waals surface area (Å²) in [6.07, 6.45) is 3.90. The molecular weight excluding hydrogens is 273 g/mol. The van der Waals surface area contributed by atoms with Gasteiger partial charge in [0, 0.05) is 11.1 Å². The largest absolute Gasteiger partial charge is 0.313 e. The topological polar surface area (TPSA) is 12.0 Å². The van der Waals surface area contributed by atoms with Gasteiger partial charge in [-0.2, -0.15) is 0 Å². The molecule has 0 heterocycles. The molecule has 0 aliphatic rings. The van der Waals surface area contributed by atoms with Gasteiger partial charge in [-0.3, -0.25) is 0 Å². The second kappa shape index (κ2) is 7.99. The van der Waals surface area contributed by atoms with Crippen LogP contribution < -0.4 is 5.32 Å². The van der Waals surface area contributed by atoms with Gasteiger partial charge >= 0.3 is 0 Å². The third-order valence-electron chi connectivity index (χ3n) is 3.63. The highest BCUT2D eigenvalue weighted by atomic mass is 35.5. The molecule has 1 atom stereocenters. The SMILES string of the molecule is CCCNC(CCCc1cc(Cl)ccc1F)C(C)(C)C. The molecule has 0 saturated carbocycles. The molecule has 0 fully saturated rings. The van der Waals surface area contributed by atoms with E-state index >= 15 is 0 Å². The minimum absolute atomic E-state index is 0.150. The number of aryl methyl sites for hydroxylation is 1. The maximum absolute atomic E-state index is 13.7. The lowest BCUT2D eigenvalue weighted by Crippen LogP contribution is -2.40. The van der Waals surface area contributed by atoms with Gasteiger partial charge in [0.25, 0.3) is 0 Å². The number of benzene rings is 1. The lowest BCUT2D eigenvalue weighted by atomic mass is 9.83. The molecule has 1 rings (SSSR count). The van der Waals surface area contributed by atoms with Crippen LogP contribution in [0.2, 0.25) is 5.02 Å². The summed E-state index contributed by atoms with van der Waals surface area (Å²) < 4.78 is 13.7. The molecule has 1 nitrogen and oxygen atoms in total. The van der Waals surface area contributed by atoms with Crippen LogP contribution in [-0.4, -0.2) is 12.6 Å². The van der Waals surface area contributed by atoms with Gasteiger partial charge in [-0.15, -0.1) is 0 Å². The number of rotatable bonds is 7. The molecule has 3 heteroatoms. The summed E-state index contributed by atoms with van der Waals surface area (Å²) in [7, 11) is 0. The maximum atomic E-state index is 13.7. The summed E-state index contributed by atoms with van der Waals surface area (Å²) in [5.41, 5.74) is 0.947. The Kier molecular flexibility index (Phi) is 6.97. The second-order valence-corrected chi connectivity index (χ2v) is 6.94. The highest BCUT2D eigenvalue weighted by molar-refractivity contribution is 6.30. The fourth-order valence-corrected chi connectivity index (χ4v) is 2.59. The first-order valence-electron chi connectivity index (χ1n) is 7.52. The standard InChI is InChI=1S/C17H27ClFN/c1-5-11-20-16(17(2,3)4)8-6-7-13-12-14(18)9-10-15(13)19/h9-10,12,16,20H,5-8,11H2,1-4H3. The third kappa shape index (κ3) is 5.80. The monoisotopic (exact) mass is 299 g/mol. The Morgan fingerprint density at radius 3 is 2.60 bits per heavy atom. The zero-order valence-electron chi connectivity index (χ0n) is 13.1. The van der Waals surface area contributed by atoms with Crippen LogP contribution in [0.25, 0.3) is 0 Å². The lowest BCUT2D eigenvalue weighted by Gasteiger charge is -2.32. The van der Waals surface area contributed by atoms with Gasteiger partial charge in [0.15, 0.2) is 0 Å². The van der Waals surface area contributed by atoms with E-state index < -0.39 is 0 Å². The zero-order chi connectivity index (χ0) is 15.2. The molecule has 0 bridgehead atoms. The predicted octanol–water partition coefficient (Wildman–Crippen LogP) is 5.22. The molecule has 1 aromatic rings. The molecule has 0 amide bonds. The van der Waals surface area contributed by atoms with E-state index in [4.69, 9.17) is 11.6 Å². The molecule has 0 radical (unpaired) electrons. The Labute approximate surface area is 127 Å². The Hall–Kier alpha value is -0.600. The fourth-order valence-electron chi connectivity index (χ4n) is 2.39. The molecule has 1 unspecified atom stereocenters. The van der Waals surface area contributed by atoms with Crippen LogP contribution >= 0.6 is 11.6 Å². The molecule has 0 spiro atoms. The van der Waals surface area contributed by atoms with Crippen LogP contribution in [-0.2, 0) is 6.42 Å². The van der Waals surface area contributed by atoms with Crippen molar-refractivity contribution in [3.05, 3.63) is 34.6 Å². The van der Waals surface area contributed by atoms with Gasteiger partial charge in [-0.25, -0.2) is 4.39 Å². The second-order valence-electron chi connectivity index (χ2n) is 6.50. The van der Waals surface area contributed by atoms with Crippen molar-refractivity contribution >= 4 is 11.6 Å². The molecule has 1 N–H and O–H groups in total. The molecule has 20 heavy (non-hydrogen) atoms. The van der Waals surface area contributed by atoms with Gasteiger partial charge in [0.2, 0.25) is 0 Å². The van der Waals surface area contributed by atoms with Crippen LogP contribution in [0.4, 0.5) is 4.39 Å². The van der Waals surface area contributed by atoms with E-state index in [1.807, 2.05) is 0 Å².